The zero-order valence-corrected chi connectivity index (χ0v) is 19.0. The fourth-order valence-corrected chi connectivity index (χ4v) is 3.48. The third kappa shape index (κ3) is 4.38. The van der Waals surface area contributed by atoms with E-state index in [1.165, 1.54) is 12.5 Å². The van der Waals surface area contributed by atoms with Crippen LogP contribution in [-0.4, -0.2) is 24.7 Å². The second kappa shape index (κ2) is 9.69. The molecule has 0 aliphatic heterocycles. The minimum atomic E-state index is -0.326. The Morgan fingerprint density at radius 3 is 2.59 bits per heavy atom. The maximum Gasteiger partial charge on any atom is 0.214 e. The third-order valence-electron chi connectivity index (χ3n) is 4.63. The van der Waals surface area contributed by atoms with Gasteiger partial charge in [-0.1, -0.05) is 55.4 Å². The van der Waals surface area contributed by atoms with Crippen molar-refractivity contribution in [3.8, 4) is 22.6 Å². The second-order valence-corrected chi connectivity index (χ2v) is 7.39. The number of fused-ring (bicyclic) bond motifs is 1. The summed E-state index contributed by atoms with van der Waals surface area (Å²) in [6.07, 6.45) is 2.97. The zero-order chi connectivity index (χ0) is 22.5. The van der Waals surface area contributed by atoms with Crippen LogP contribution in [0.25, 0.3) is 28.3 Å². The van der Waals surface area contributed by atoms with Crippen LogP contribution >= 0.6 is 15.9 Å². The standard InChI is InChI=1S/C21H14BrFN6O.C2H6/c22-16-11-26-29-19(9-18(27-21(16)29)15-3-1-2-4-17(15)23)24-10-13-5-7-14(8-6-13)20-25-12-30-28-20;1-2/h1-9,11-12,24H,10H2;1-2H3. The molecule has 0 amide bonds. The molecule has 0 bridgehead atoms. The summed E-state index contributed by atoms with van der Waals surface area (Å²) in [4.78, 5) is 8.62. The van der Waals surface area contributed by atoms with Gasteiger partial charge in [-0.25, -0.2) is 9.37 Å². The Morgan fingerprint density at radius 2 is 1.88 bits per heavy atom. The molecular formula is C23H20BrFN6O. The van der Waals surface area contributed by atoms with Crippen LogP contribution in [0.3, 0.4) is 0 Å². The normalized spacial score (nSPS) is 10.6. The summed E-state index contributed by atoms with van der Waals surface area (Å²) >= 11 is 3.46. The third-order valence-corrected chi connectivity index (χ3v) is 5.19. The predicted molar refractivity (Wildman–Crippen MR) is 124 cm³/mol. The summed E-state index contributed by atoms with van der Waals surface area (Å²) in [6, 6.07) is 16.2. The van der Waals surface area contributed by atoms with Crippen LogP contribution in [0.1, 0.15) is 19.4 Å². The summed E-state index contributed by atoms with van der Waals surface area (Å²) in [5.74, 6) is 0.917. The molecule has 0 saturated heterocycles. The van der Waals surface area contributed by atoms with Crippen molar-refractivity contribution in [2.45, 2.75) is 20.4 Å². The van der Waals surface area contributed by atoms with Crippen LogP contribution in [-0.2, 0) is 6.54 Å². The number of hydrogen-bond donors (Lipinski definition) is 1. The van der Waals surface area contributed by atoms with Gasteiger partial charge in [-0.15, -0.1) is 0 Å². The molecule has 0 fully saturated rings. The van der Waals surface area contributed by atoms with E-state index in [2.05, 4.69) is 41.5 Å². The lowest BCUT2D eigenvalue weighted by Crippen LogP contribution is -2.07. The highest BCUT2D eigenvalue weighted by atomic mass is 79.9. The van der Waals surface area contributed by atoms with Crippen molar-refractivity contribution in [1.29, 1.82) is 0 Å². The Morgan fingerprint density at radius 1 is 1.09 bits per heavy atom. The number of hydrogen-bond acceptors (Lipinski definition) is 6. The van der Waals surface area contributed by atoms with Crippen LogP contribution in [0.15, 0.2) is 76.2 Å². The quantitative estimate of drug-likeness (QED) is 0.323. The average molecular weight is 495 g/mol. The highest BCUT2D eigenvalue weighted by Gasteiger charge is 2.14. The van der Waals surface area contributed by atoms with Gasteiger partial charge in [0.2, 0.25) is 12.2 Å². The van der Waals surface area contributed by atoms with Gasteiger partial charge in [0.15, 0.2) is 5.65 Å². The summed E-state index contributed by atoms with van der Waals surface area (Å²) in [5, 5.41) is 11.6. The lowest BCUT2D eigenvalue weighted by atomic mass is 10.1. The number of halogens is 2. The van der Waals surface area contributed by atoms with E-state index in [-0.39, 0.29) is 5.82 Å². The highest BCUT2D eigenvalue weighted by Crippen LogP contribution is 2.27. The van der Waals surface area contributed by atoms with E-state index in [0.29, 0.717) is 35.1 Å². The summed E-state index contributed by atoms with van der Waals surface area (Å²) in [7, 11) is 0. The van der Waals surface area contributed by atoms with Gasteiger partial charge in [0.05, 0.1) is 16.4 Å². The molecular weight excluding hydrogens is 475 g/mol. The first-order valence-electron chi connectivity index (χ1n) is 10.1. The Kier molecular flexibility index (Phi) is 6.55. The molecule has 0 spiro atoms. The molecule has 162 valence electrons. The van der Waals surface area contributed by atoms with E-state index in [0.717, 1.165) is 15.6 Å². The SMILES string of the molecule is CC.Fc1ccccc1-c1cc(NCc2ccc(-c3ncon3)cc2)n2ncc(Br)c2n1. The van der Waals surface area contributed by atoms with Gasteiger partial charge in [0.1, 0.15) is 11.6 Å². The Balaban J connectivity index is 0.00000119. The van der Waals surface area contributed by atoms with Crippen LogP contribution in [0, 0.1) is 5.82 Å². The average Bonchev–Trinajstić information content (AvgIpc) is 3.50. The molecule has 5 rings (SSSR count). The van der Waals surface area contributed by atoms with E-state index < -0.39 is 0 Å². The molecule has 7 nitrogen and oxygen atoms in total. The minimum absolute atomic E-state index is 0.326. The van der Waals surface area contributed by atoms with Crippen molar-refractivity contribution in [3.63, 3.8) is 0 Å². The van der Waals surface area contributed by atoms with Crippen molar-refractivity contribution in [1.82, 2.24) is 24.7 Å². The van der Waals surface area contributed by atoms with Crippen molar-refractivity contribution < 1.29 is 8.91 Å². The number of benzene rings is 2. The van der Waals surface area contributed by atoms with Crippen LogP contribution in [0.4, 0.5) is 10.2 Å². The van der Waals surface area contributed by atoms with Crippen molar-refractivity contribution in [2.75, 3.05) is 5.32 Å². The molecule has 0 unspecified atom stereocenters. The molecule has 0 aliphatic rings. The Bertz CT molecular complexity index is 1320. The van der Waals surface area contributed by atoms with E-state index in [4.69, 9.17) is 4.52 Å². The maximum absolute atomic E-state index is 14.3. The molecule has 0 saturated carbocycles. The molecule has 3 heterocycles. The lowest BCUT2D eigenvalue weighted by Gasteiger charge is -2.11. The van der Waals surface area contributed by atoms with Gasteiger partial charge >= 0.3 is 0 Å². The van der Waals surface area contributed by atoms with Crippen LogP contribution in [0.2, 0.25) is 0 Å². The fraction of sp³-hybridized carbons (Fsp3) is 0.130. The smallest absolute Gasteiger partial charge is 0.214 e. The summed E-state index contributed by atoms with van der Waals surface area (Å²) in [6.45, 7) is 4.54. The number of nitrogens with zero attached hydrogens (tertiary/aromatic N) is 5. The van der Waals surface area contributed by atoms with Gasteiger partial charge < -0.3 is 9.84 Å². The van der Waals surface area contributed by atoms with Gasteiger partial charge in [0.25, 0.3) is 0 Å². The Hall–Kier alpha value is -3.59. The topological polar surface area (TPSA) is 81.1 Å². The van der Waals surface area contributed by atoms with E-state index in [1.807, 2.05) is 38.1 Å². The van der Waals surface area contributed by atoms with Gasteiger partial charge in [-0.05, 0) is 33.6 Å². The number of aromatic nitrogens is 5. The molecule has 3 aromatic heterocycles. The molecule has 9 heteroatoms. The largest absolute Gasteiger partial charge is 0.366 e. The summed E-state index contributed by atoms with van der Waals surface area (Å²) in [5.41, 5.74) is 3.48. The van der Waals surface area contributed by atoms with Crippen molar-refractivity contribution in [3.05, 3.63) is 83.0 Å². The lowest BCUT2D eigenvalue weighted by molar-refractivity contribution is 0.419. The highest BCUT2D eigenvalue weighted by molar-refractivity contribution is 9.10. The Labute approximate surface area is 192 Å². The van der Waals surface area contributed by atoms with E-state index in [1.54, 1.807) is 35.0 Å². The first-order chi connectivity index (χ1) is 15.7. The molecule has 0 radical (unpaired) electrons. The van der Waals surface area contributed by atoms with Crippen LogP contribution < -0.4 is 5.32 Å². The fourth-order valence-electron chi connectivity index (χ4n) is 3.13. The molecule has 32 heavy (non-hydrogen) atoms. The minimum Gasteiger partial charge on any atom is -0.366 e. The zero-order valence-electron chi connectivity index (χ0n) is 17.5. The molecule has 2 aromatic carbocycles. The summed E-state index contributed by atoms with van der Waals surface area (Å²) < 4.78 is 21.5. The van der Waals surface area contributed by atoms with Gasteiger partial charge in [-0.2, -0.15) is 14.6 Å². The number of anilines is 1. The van der Waals surface area contributed by atoms with Gasteiger partial charge in [0, 0.05) is 23.7 Å². The first-order valence-corrected chi connectivity index (χ1v) is 10.9. The first kappa shape index (κ1) is 21.6. The van der Waals surface area contributed by atoms with Crippen molar-refractivity contribution in [2.24, 2.45) is 0 Å². The van der Waals surface area contributed by atoms with Crippen molar-refractivity contribution >= 4 is 27.4 Å². The molecule has 5 aromatic rings. The molecule has 0 atom stereocenters. The predicted octanol–water partition coefficient (Wildman–Crippen LogP) is 5.99. The van der Waals surface area contributed by atoms with E-state index >= 15 is 0 Å². The monoisotopic (exact) mass is 494 g/mol. The number of rotatable bonds is 5. The molecule has 0 aliphatic carbocycles. The maximum atomic E-state index is 14.3. The number of nitrogens with one attached hydrogen (secondary N) is 1. The van der Waals surface area contributed by atoms with Gasteiger partial charge in [-0.3, -0.25) is 0 Å². The molecule has 1 N–H and O–H groups in total. The van der Waals surface area contributed by atoms with Crippen LogP contribution in [0.5, 0.6) is 0 Å². The second-order valence-electron chi connectivity index (χ2n) is 6.54. The van der Waals surface area contributed by atoms with E-state index in [9.17, 15) is 4.39 Å².